The minimum absolute atomic E-state index is 0.0508. The molecule has 1 aliphatic heterocycles. The molecule has 7 nitrogen and oxygen atoms in total. The number of pyridine rings is 1. The van der Waals surface area contributed by atoms with Gasteiger partial charge in [0.15, 0.2) is 11.6 Å². The normalized spacial score (nSPS) is 21.0. The Balaban J connectivity index is 1.75. The van der Waals surface area contributed by atoms with Gasteiger partial charge in [-0.05, 0) is 25.5 Å². The predicted octanol–water partition coefficient (Wildman–Crippen LogP) is 1.72. The summed E-state index contributed by atoms with van der Waals surface area (Å²) >= 11 is 0. The highest BCUT2D eigenvalue weighted by molar-refractivity contribution is 5.93. The lowest BCUT2D eigenvalue weighted by Gasteiger charge is -2.16. The zero-order chi connectivity index (χ0) is 15.5. The van der Waals surface area contributed by atoms with Crippen LogP contribution in [0.5, 0.6) is 5.75 Å². The lowest BCUT2D eigenvalue weighted by Crippen LogP contribution is -2.25. The van der Waals surface area contributed by atoms with Crippen LogP contribution in [-0.2, 0) is 16.1 Å². The Hall–Kier alpha value is -2.41. The Labute approximate surface area is 127 Å². The highest BCUT2D eigenvalue weighted by atomic mass is 16.5. The number of aryl methyl sites for hydroxylation is 1. The fourth-order valence-electron chi connectivity index (χ4n) is 2.59. The Morgan fingerprint density at radius 1 is 1.59 bits per heavy atom. The standard InChI is InChI=1S/C15H18N4O3/c1-2-19-9-10(8-17-19)13-11(5-7-22-13)15(21)18-14-12(20)4-3-6-16-14/h3-4,6,8-9,11,13,20H,2,5,7H2,1H3,(H,16,18,21)/t11-,13+/m0/s1. The van der Waals surface area contributed by atoms with Crippen LogP contribution in [-0.4, -0.2) is 32.4 Å². The zero-order valence-corrected chi connectivity index (χ0v) is 12.3. The van der Waals surface area contributed by atoms with Crippen molar-refractivity contribution in [3.8, 4) is 5.75 Å². The number of aromatic nitrogens is 3. The Morgan fingerprint density at radius 3 is 3.18 bits per heavy atom. The third-order valence-electron chi connectivity index (χ3n) is 3.76. The van der Waals surface area contributed by atoms with Gasteiger partial charge in [0.1, 0.15) is 0 Å². The summed E-state index contributed by atoms with van der Waals surface area (Å²) in [5, 5.41) is 16.6. The van der Waals surface area contributed by atoms with Crippen LogP contribution in [0.25, 0.3) is 0 Å². The van der Waals surface area contributed by atoms with Crippen LogP contribution in [0.4, 0.5) is 5.82 Å². The molecule has 116 valence electrons. The zero-order valence-electron chi connectivity index (χ0n) is 12.3. The molecule has 0 unspecified atom stereocenters. The van der Waals surface area contributed by atoms with Crippen molar-refractivity contribution in [1.82, 2.24) is 14.8 Å². The van der Waals surface area contributed by atoms with E-state index in [1.807, 2.05) is 13.1 Å². The molecule has 1 aliphatic rings. The smallest absolute Gasteiger partial charge is 0.231 e. The fourth-order valence-corrected chi connectivity index (χ4v) is 2.59. The second kappa shape index (κ2) is 6.15. The van der Waals surface area contributed by atoms with E-state index in [2.05, 4.69) is 15.4 Å². The largest absolute Gasteiger partial charge is 0.504 e. The van der Waals surface area contributed by atoms with Crippen LogP contribution in [0.1, 0.15) is 25.0 Å². The first-order valence-electron chi connectivity index (χ1n) is 7.28. The van der Waals surface area contributed by atoms with Gasteiger partial charge in [0.2, 0.25) is 5.91 Å². The first-order valence-corrected chi connectivity index (χ1v) is 7.28. The van der Waals surface area contributed by atoms with E-state index in [1.54, 1.807) is 16.9 Å². The number of ether oxygens (including phenoxy) is 1. The van der Waals surface area contributed by atoms with Crippen molar-refractivity contribution in [1.29, 1.82) is 0 Å². The summed E-state index contributed by atoms with van der Waals surface area (Å²) in [4.78, 5) is 16.4. The molecule has 3 rings (SSSR count). The molecule has 1 fully saturated rings. The highest BCUT2D eigenvalue weighted by Crippen LogP contribution is 2.35. The number of aromatic hydroxyl groups is 1. The van der Waals surface area contributed by atoms with Crippen LogP contribution in [0.2, 0.25) is 0 Å². The second-order valence-electron chi connectivity index (χ2n) is 5.18. The second-order valence-corrected chi connectivity index (χ2v) is 5.18. The molecule has 0 saturated carbocycles. The monoisotopic (exact) mass is 302 g/mol. The molecule has 2 aromatic rings. The van der Waals surface area contributed by atoms with E-state index in [-0.39, 0.29) is 29.5 Å². The van der Waals surface area contributed by atoms with Crippen LogP contribution in [0.3, 0.4) is 0 Å². The molecular weight excluding hydrogens is 284 g/mol. The molecule has 0 aromatic carbocycles. The molecule has 7 heteroatoms. The summed E-state index contributed by atoms with van der Waals surface area (Å²) in [5.74, 6) is -0.413. The van der Waals surface area contributed by atoms with Crippen molar-refractivity contribution >= 4 is 11.7 Å². The summed E-state index contributed by atoms with van der Waals surface area (Å²) in [7, 11) is 0. The van der Waals surface area contributed by atoms with Crippen LogP contribution in [0.15, 0.2) is 30.7 Å². The number of carbonyl (C=O) groups excluding carboxylic acids is 1. The van der Waals surface area contributed by atoms with Gasteiger partial charge >= 0.3 is 0 Å². The van der Waals surface area contributed by atoms with E-state index in [9.17, 15) is 9.90 Å². The maximum Gasteiger partial charge on any atom is 0.231 e. The van der Waals surface area contributed by atoms with Gasteiger partial charge in [-0.2, -0.15) is 5.10 Å². The quantitative estimate of drug-likeness (QED) is 0.897. The molecule has 22 heavy (non-hydrogen) atoms. The van der Waals surface area contributed by atoms with Crippen molar-refractivity contribution in [3.63, 3.8) is 0 Å². The maximum atomic E-state index is 12.5. The summed E-state index contributed by atoms with van der Waals surface area (Å²) in [6, 6.07) is 3.09. The molecule has 1 amide bonds. The number of carbonyl (C=O) groups is 1. The minimum Gasteiger partial charge on any atom is -0.504 e. The number of hydrogen-bond acceptors (Lipinski definition) is 5. The molecule has 3 heterocycles. The number of nitrogens with zero attached hydrogens (tertiary/aromatic N) is 3. The van der Waals surface area contributed by atoms with E-state index >= 15 is 0 Å². The lowest BCUT2D eigenvalue weighted by molar-refractivity contribution is -0.121. The third-order valence-corrected chi connectivity index (χ3v) is 3.76. The molecule has 2 atom stereocenters. The van der Waals surface area contributed by atoms with E-state index < -0.39 is 0 Å². The van der Waals surface area contributed by atoms with Crippen LogP contribution in [0, 0.1) is 5.92 Å². The fraction of sp³-hybridized carbons (Fsp3) is 0.400. The Bertz CT molecular complexity index is 670. The summed E-state index contributed by atoms with van der Waals surface area (Å²) < 4.78 is 7.50. The first kappa shape index (κ1) is 14.5. The van der Waals surface area contributed by atoms with Crippen LogP contribution >= 0.6 is 0 Å². The van der Waals surface area contributed by atoms with Crippen molar-refractivity contribution < 1.29 is 14.6 Å². The van der Waals surface area contributed by atoms with E-state index in [0.29, 0.717) is 13.0 Å². The van der Waals surface area contributed by atoms with Gasteiger partial charge in [0.25, 0.3) is 0 Å². The lowest BCUT2D eigenvalue weighted by atomic mass is 9.96. The van der Waals surface area contributed by atoms with Gasteiger partial charge in [0.05, 0.1) is 18.2 Å². The average Bonchev–Trinajstić information content (AvgIpc) is 3.17. The Kier molecular flexibility index (Phi) is 4.06. The molecule has 0 radical (unpaired) electrons. The molecule has 2 aromatic heterocycles. The van der Waals surface area contributed by atoms with Gasteiger partial charge in [-0.3, -0.25) is 9.48 Å². The molecule has 0 bridgehead atoms. The van der Waals surface area contributed by atoms with Gasteiger partial charge in [0, 0.05) is 31.1 Å². The summed E-state index contributed by atoms with van der Waals surface area (Å²) in [6.45, 7) is 3.29. The van der Waals surface area contributed by atoms with E-state index in [0.717, 1.165) is 12.1 Å². The minimum atomic E-state index is -0.323. The predicted molar refractivity (Wildman–Crippen MR) is 79.2 cm³/mol. The number of rotatable bonds is 4. The topological polar surface area (TPSA) is 89.3 Å². The summed E-state index contributed by atoms with van der Waals surface area (Å²) in [5.41, 5.74) is 0.893. The number of nitrogens with one attached hydrogen (secondary N) is 1. The summed E-state index contributed by atoms with van der Waals surface area (Å²) in [6.07, 6.45) is 5.46. The SMILES string of the molecule is CCn1cc([C@H]2OCC[C@@H]2C(=O)Nc2ncccc2O)cn1. The molecule has 0 aliphatic carbocycles. The van der Waals surface area contributed by atoms with E-state index in [1.165, 1.54) is 12.3 Å². The third kappa shape index (κ3) is 2.80. The Morgan fingerprint density at radius 2 is 2.45 bits per heavy atom. The van der Waals surface area contributed by atoms with Crippen molar-refractivity contribution in [2.45, 2.75) is 26.0 Å². The molecule has 0 spiro atoms. The molecule has 1 saturated heterocycles. The van der Waals surface area contributed by atoms with Gasteiger partial charge in [-0.15, -0.1) is 0 Å². The van der Waals surface area contributed by atoms with Crippen molar-refractivity contribution in [2.24, 2.45) is 5.92 Å². The van der Waals surface area contributed by atoms with Gasteiger partial charge < -0.3 is 15.2 Å². The first-order chi connectivity index (χ1) is 10.7. The van der Waals surface area contributed by atoms with Crippen molar-refractivity contribution in [2.75, 3.05) is 11.9 Å². The van der Waals surface area contributed by atoms with E-state index in [4.69, 9.17) is 4.74 Å². The maximum absolute atomic E-state index is 12.5. The highest BCUT2D eigenvalue weighted by Gasteiger charge is 2.36. The number of amides is 1. The molecular formula is C15H18N4O3. The van der Waals surface area contributed by atoms with Gasteiger partial charge in [-0.25, -0.2) is 4.98 Å². The molecule has 2 N–H and O–H groups in total. The number of hydrogen-bond donors (Lipinski definition) is 2. The van der Waals surface area contributed by atoms with Gasteiger partial charge in [-0.1, -0.05) is 0 Å². The average molecular weight is 302 g/mol. The van der Waals surface area contributed by atoms with Crippen LogP contribution < -0.4 is 5.32 Å². The van der Waals surface area contributed by atoms with Crippen molar-refractivity contribution in [3.05, 3.63) is 36.3 Å². The number of anilines is 1.